The minimum Gasteiger partial charge on any atom is -0.370 e. The van der Waals surface area contributed by atoms with Gasteiger partial charge in [0.2, 0.25) is 0 Å². The second-order valence-corrected chi connectivity index (χ2v) is 4.66. The van der Waals surface area contributed by atoms with Gasteiger partial charge in [-0.25, -0.2) is 4.98 Å². The van der Waals surface area contributed by atoms with E-state index in [2.05, 4.69) is 48.1 Å². The van der Waals surface area contributed by atoms with Crippen LogP contribution in [0.4, 0.5) is 5.82 Å². The predicted octanol–water partition coefficient (Wildman–Crippen LogP) is 3.53. The Bertz CT molecular complexity index is 325. The predicted molar refractivity (Wildman–Crippen MR) is 78.9 cm³/mol. The van der Waals surface area contributed by atoms with Crippen LogP contribution >= 0.6 is 0 Å². The maximum Gasteiger partial charge on any atom is 0.126 e. The van der Waals surface area contributed by atoms with E-state index in [1.165, 1.54) is 19.4 Å². The summed E-state index contributed by atoms with van der Waals surface area (Å²) >= 11 is 0. The molecular weight excluding hydrogens is 222 g/mol. The fourth-order valence-corrected chi connectivity index (χ4v) is 1.88. The first kappa shape index (κ1) is 15.0. The Morgan fingerprint density at radius 3 is 2.67 bits per heavy atom. The van der Waals surface area contributed by atoms with E-state index in [-0.39, 0.29) is 0 Å². The Morgan fingerprint density at radius 2 is 2.00 bits per heavy atom. The van der Waals surface area contributed by atoms with Crippen molar-refractivity contribution in [1.82, 2.24) is 9.88 Å². The highest BCUT2D eigenvalue weighted by atomic mass is 15.1. The first-order valence-electron chi connectivity index (χ1n) is 7.22. The van der Waals surface area contributed by atoms with Crippen LogP contribution in [0.2, 0.25) is 0 Å². The molecule has 1 aromatic rings. The van der Waals surface area contributed by atoms with Crippen LogP contribution in [0, 0.1) is 0 Å². The van der Waals surface area contributed by atoms with Gasteiger partial charge in [0.1, 0.15) is 5.82 Å². The topological polar surface area (TPSA) is 28.2 Å². The van der Waals surface area contributed by atoms with Crippen LogP contribution in [0.15, 0.2) is 18.2 Å². The number of rotatable bonds is 9. The molecule has 0 unspecified atom stereocenters. The quantitative estimate of drug-likeness (QED) is 0.725. The summed E-state index contributed by atoms with van der Waals surface area (Å²) in [4.78, 5) is 7.11. The molecule has 18 heavy (non-hydrogen) atoms. The van der Waals surface area contributed by atoms with Crippen molar-refractivity contribution in [2.75, 3.05) is 25.0 Å². The van der Waals surface area contributed by atoms with Crippen LogP contribution in [-0.4, -0.2) is 29.5 Å². The minimum atomic E-state index is 0.956. The second kappa shape index (κ2) is 8.92. The van der Waals surface area contributed by atoms with Gasteiger partial charge in [-0.15, -0.1) is 0 Å². The number of hydrogen-bond acceptors (Lipinski definition) is 3. The van der Waals surface area contributed by atoms with Crippen molar-refractivity contribution in [2.24, 2.45) is 0 Å². The van der Waals surface area contributed by atoms with Gasteiger partial charge in [-0.2, -0.15) is 0 Å². The summed E-state index contributed by atoms with van der Waals surface area (Å²) in [6.45, 7) is 10.8. The van der Waals surface area contributed by atoms with Gasteiger partial charge in [0.25, 0.3) is 0 Å². The fourth-order valence-electron chi connectivity index (χ4n) is 1.88. The highest BCUT2D eigenvalue weighted by molar-refractivity contribution is 5.35. The van der Waals surface area contributed by atoms with E-state index >= 15 is 0 Å². The van der Waals surface area contributed by atoms with Crippen LogP contribution < -0.4 is 5.32 Å². The zero-order chi connectivity index (χ0) is 13.2. The molecule has 102 valence electrons. The third kappa shape index (κ3) is 5.50. The van der Waals surface area contributed by atoms with Gasteiger partial charge in [-0.05, 0) is 38.1 Å². The number of hydrogen-bond donors (Lipinski definition) is 1. The second-order valence-electron chi connectivity index (χ2n) is 4.66. The highest BCUT2D eigenvalue weighted by Crippen LogP contribution is 2.08. The molecule has 0 saturated heterocycles. The maximum absolute atomic E-state index is 4.65. The summed E-state index contributed by atoms with van der Waals surface area (Å²) in [6, 6.07) is 6.25. The molecule has 0 fully saturated rings. The first-order valence-corrected chi connectivity index (χ1v) is 7.22. The lowest BCUT2D eigenvalue weighted by atomic mass is 10.2. The Balaban J connectivity index is 2.53. The van der Waals surface area contributed by atoms with Gasteiger partial charge in [0.05, 0.1) is 5.69 Å². The molecule has 1 N–H and O–H groups in total. The number of pyridine rings is 1. The normalized spacial score (nSPS) is 10.9. The zero-order valence-electron chi connectivity index (χ0n) is 12.1. The monoisotopic (exact) mass is 249 g/mol. The smallest absolute Gasteiger partial charge is 0.126 e. The van der Waals surface area contributed by atoms with Crippen molar-refractivity contribution in [3.63, 3.8) is 0 Å². The molecule has 0 bridgehead atoms. The van der Waals surface area contributed by atoms with E-state index < -0.39 is 0 Å². The van der Waals surface area contributed by atoms with Crippen LogP contribution in [0.5, 0.6) is 0 Å². The third-order valence-electron chi connectivity index (χ3n) is 3.02. The van der Waals surface area contributed by atoms with Gasteiger partial charge in [-0.1, -0.05) is 33.3 Å². The Kier molecular flexibility index (Phi) is 7.42. The molecule has 3 nitrogen and oxygen atoms in total. The van der Waals surface area contributed by atoms with Crippen molar-refractivity contribution >= 4 is 5.82 Å². The number of nitrogens with one attached hydrogen (secondary N) is 1. The molecule has 1 aromatic heterocycles. The lowest BCUT2D eigenvalue weighted by Gasteiger charge is -2.19. The lowest BCUT2D eigenvalue weighted by Crippen LogP contribution is -2.24. The van der Waals surface area contributed by atoms with Gasteiger partial charge >= 0.3 is 0 Å². The largest absolute Gasteiger partial charge is 0.370 e. The molecule has 0 amide bonds. The molecule has 0 radical (unpaired) electrons. The average Bonchev–Trinajstić information content (AvgIpc) is 2.41. The number of anilines is 1. The van der Waals surface area contributed by atoms with Crippen molar-refractivity contribution in [1.29, 1.82) is 0 Å². The van der Waals surface area contributed by atoms with Crippen LogP contribution in [0.1, 0.15) is 45.7 Å². The number of nitrogens with zero attached hydrogens (tertiary/aromatic N) is 2. The summed E-state index contributed by atoms with van der Waals surface area (Å²) in [7, 11) is 0. The lowest BCUT2D eigenvalue weighted by molar-refractivity contribution is 0.272. The first-order chi connectivity index (χ1) is 8.80. The average molecular weight is 249 g/mol. The summed E-state index contributed by atoms with van der Waals surface area (Å²) < 4.78 is 0. The van der Waals surface area contributed by atoms with Crippen LogP contribution in [-0.2, 0) is 6.54 Å². The summed E-state index contributed by atoms with van der Waals surface area (Å²) in [5.74, 6) is 1.00. The van der Waals surface area contributed by atoms with E-state index in [0.29, 0.717) is 0 Å². The molecule has 0 aliphatic heterocycles. The van der Waals surface area contributed by atoms with Crippen molar-refractivity contribution in [2.45, 2.75) is 46.6 Å². The molecule has 3 heteroatoms. The Hall–Kier alpha value is -1.09. The van der Waals surface area contributed by atoms with Gasteiger partial charge in [0, 0.05) is 13.1 Å². The molecule has 0 aliphatic rings. The molecule has 0 atom stereocenters. The standard InChI is InChI=1S/C15H27N3/c1-4-7-12-18(6-3)13-14-9-8-10-15(17-14)16-11-5-2/h8-10H,4-7,11-13H2,1-3H3,(H,16,17). The maximum atomic E-state index is 4.65. The summed E-state index contributed by atoms with van der Waals surface area (Å²) in [5.41, 5.74) is 1.16. The Labute approximate surface area is 112 Å². The Morgan fingerprint density at radius 1 is 1.17 bits per heavy atom. The van der Waals surface area contributed by atoms with Crippen LogP contribution in [0.25, 0.3) is 0 Å². The van der Waals surface area contributed by atoms with E-state index in [4.69, 9.17) is 0 Å². The molecular formula is C15H27N3. The molecule has 0 aliphatic carbocycles. The minimum absolute atomic E-state index is 0.956. The molecule has 0 saturated carbocycles. The van der Waals surface area contributed by atoms with E-state index in [1.54, 1.807) is 0 Å². The molecule has 0 spiro atoms. The summed E-state index contributed by atoms with van der Waals surface area (Å²) in [6.07, 6.45) is 3.65. The van der Waals surface area contributed by atoms with E-state index in [0.717, 1.165) is 37.6 Å². The number of aromatic nitrogens is 1. The third-order valence-corrected chi connectivity index (χ3v) is 3.02. The van der Waals surface area contributed by atoms with Gasteiger partial charge < -0.3 is 5.32 Å². The molecule has 0 aromatic carbocycles. The molecule has 1 heterocycles. The van der Waals surface area contributed by atoms with E-state index in [9.17, 15) is 0 Å². The summed E-state index contributed by atoms with van der Waals surface area (Å²) in [5, 5.41) is 3.34. The zero-order valence-corrected chi connectivity index (χ0v) is 12.1. The van der Waals surface area contributed by atoms with Crippen molar-refractivity contribution in [3.8, 4) is 0 Å². The molecule has 1 rings (SSSR count). The SMILES string of the molecule is CCCCN(CC)Cc1cccc(NCCC)n1. The van der Waals surface area contributed by atoms with Crippen molar-refractivity contribution < 1.29 is 0 Å². The van der Waals surface area contributed by atoms with E-state index in [1.807, 2.05) is 6.07 Å². The van der Waals surface area contributed by atoms with Crippen LogP contribution in [0.3, 0.4) is 0 Å². The number of unbranched alkanes of at least 4 members (excludes halogenated alkanes) is 1. The highest BCUT2D eigenvalue weighted by Gasteiger charge is 2.04. The van der Waals surface area contributed by atoms with Crippen molar-refractivity contribution in [3.05, 3.63) is 23.9 Å². The van der Waals surface area contributed by atoms with Gasteiger partial charge in [-0.3, -0.25) is 4.90 Å². The van der Waals surface area contributed by atoms with Gasteiger partial charge in [0.15, 0.2) is 0 Å². The fraction of sp³-hybridized carbons (Fsp3) is 0.667.